The van der Waals surface area contributed by atoms with Gasteiger partial charge in [-0.25, -0.2) is 9.59 Å². The summed E-state index contributed by atoms with van der Waals surface area (Å²) < 4.78 is 0. The highest BCUT2D eigenvalue weighted by molar-refractivity contribution is 5.86. The molecule has 5 heteroatoms. The molecule has 0 spiro atoms. The SMILES string of the molecule is CC1=CCN(C(=O)NC2(C(=O)O)CCCCCC2)CC1. The van der Waals surface area contributed by atoms with Gasteiger partial charge < -0.3 is 15.3 Å². The number of aliphatic carboxylic acids is 1. The molecule has 0 aromatic carbocycles. The molecule has 0 atom stereocenters. The lowest BCUT2D eigenvalue weighted by molar-refractivity contribution is -0.145. The van der Waals surface area contributed by atoms with E-state index in [-0.39, 0.29) is 6.03 Å². The minimum atomic E-state index is -1.07. The van der Waals surface area contributed by atoms with E-state index in [4.69, 9.17) is 0 Å². The number of urea groups is 1. The number of carboxylic acid groups (broad SMARTS) is 1. The molecule has 2 rings (SSSR count). The molecule has 0 bridgehead atoms. The van der Waals surface area contributed by atoms with E-state index in [2.05, 4.69) is 12.2 Å². The van der Waals surface area contributed by atoms with E-state index in [9.17, 15) is 14.7 Å². The summed E-state index contributed by atoms with van der Waals surface area (Å²) in [6, 6.07) is -0.238. The molecule has 1 aliphatic heterocycles. The fourth-order valence-corrected chi connectivity index (χ4v) is 2.96. The highest BCUT2D eigenvalue weighted by Gasteiger charge is 2.40. The second-order valence-corrected chi connectivity index (χ2v) is 5.98. The van der Waals surface area contributed by atoms with Gasteiger partial charge in [-0.1, -0.05) is 37.3 Å². The van der Waals surface area contributed by atoms with Gasteiger partial charge in [0.25, 0.3) is 0 Å². The number of rotatable bonds is 2. The minimum absolute atomic E-state index is 0.238. The molecule has 1 heterocycles. The van der Waals surface area contributed by atoms with E-state index >= 15 is 0 Å². The fourth-order valence-electron chi connectivity index (χ4n) is 2.96. The first-order chi connectivity index (χ1) is 9.53. The second-order valence-electron chi connectivity index (χ2n) is 5.98. The number of amides is 2. The van der Waals surface area contributed by atoms with Crippen molar-refractivity contribution in [2.45, 2.75) is 57.4 Å². The molecule has 1 fully saturated rings. The van der Waals surface area contributed by atoms with Crippen LogP contribution < -0.4 is 5.32 Å². The van der Waals surface area contributed by atoms with Crippen molar-refractivity contribution in [2.75, 3.05) is 13.1 Å². The van der Waals surface area contributed by atoms with Gasteiger partial charge in [-0.3, -0.25) is 0 Å². The zero-order valence-electron chi connectivity index (χ0n) is 12.2. The summed E-state index contributed by atoms with van der Waals surface area (Å²) in [5.41, 5.74) is 0.223. The number of nitrogens with zero attached hydrogens (tertiary/aromatic N) is 1. The van der Waals surface area contributed by atoms with Crippen molar-refractivity contribution in [3.05, 3.63) is 11.6 Å². The monoisotopic (exact) mass is 280 g/mol. The fraction of sp³-hybridized carbons (Fsp3) is 0.733. The van der Waals surface area contributed by atoms with Gasteiger partial charge in [0.15, 0.2) is 0 Å². The van der Waals surface area contributed by atoms with Gasteiger partial charge in [-0.15, -0.1) is 0 Å². The zero-order chi connectivity index (χ0) is 14.6. The molecule has 2 aliphatic rings. The Labute approximate surface area is 120 Å². The maximum atomic E-state index is 12.3. The van der Waals surface area contributed by atoms with Crippen LogP contribution in [0.4, 0.5) is 4.79 Å². The van der Waals surface area contributed by atoms with Crippen LogP contribution >= 0.6 is 0 Å². The summed E-state index contributed by atoms with van der Waals surface area (Å²) in [6.45, 7) is 3.30. The van der Waals surface area contributed by atoms with Gasteiger partial charge >= 0.3 is 12.0 Å². The molecule has 5 nitrogen and oxygen atoms in total. The Morgan fingerprint density at radius 1 is 1.25 bits per heavy atom. The molecule has 112 valence electrons. The average molecular weight is 280 g/mol. The first kappa shape index (κ1) is 14.9. The number of hydrogen-bond acceptors (Lipinski definition) is 2. The molecule has 0 unspecified atom stereocenters. The third kappa shape index (κ3) is 3.32. The van der Waals surface area contributed by atoms with Crippen molar-refractivity contribution < 1.29 is 14.7 Å². The second kappa shape index (κ2) is 6.29. The van der Waals surface area contributed by atoms with E-state index in [0.29, 0.717) is 25.9 Å². The molecule has 0 saturated heterocycles. The Morgan fingerprint density at radius 2 is 1.90 bits per heavy atom. The van der Waals surface area contributed by atoms with Crippen LogP contribution in [-0.4, -0.2) is 40.6 Å². The Kier molecular flexibility index (Phi) is 4.68. The predicted molar refractivity (Wildman–Crippen MR) is 76.5 cm³/mol. The average Bonchev–Trinajstić information content (AvgIpc) is 2.66. The number of hydrogen-bond donors (Lipinski definition) is 2. The zero-order valence-corrected chi connectivity index (χ0v) is 12.2. The Bertz CT molecular complexity index is 409. The van der Waals surface area contributed by atoms with Crippen LogP contribution in [0.5, 0.6) is 0 Å². The first-order valence-corrected chi connectivity index (χ1v) is 7.50. The van der Waals surface area contributed by atoms with Crippen molar-refractivity contribution in [1.82, 2.24) is 10.2 Å². The van der Waals surface area contributed by atoms with Crippen molar-refractivity contribution in [3.8, 4) is 0 Å². The van der Waals surface area contributed by atoms with Gasteiger partial charge in [-0.2, -0.15) is 0 Å². The molecule has 1 saturated carbocycles. The van der Waals surface area contributed by atoms with Crippen molar-refractivity contribution in [2.24, 2.45) is 0 Å². The predicted octanol–water partition coefficient (Wildman–Crippen LogP) is 2.53. The lowest BCUT2D eigenvalue weighted by Crippen LogP contribution is -2.58. The molecular formula is C15H24N2O3. The normalized spacial score (nSPS) is 22.6. The van der Waals surface area contributed by atoms with Crippen molar-refractivity contribution in [3.63, 3.8) is 0 Å². The van der Waals surface area contributed by atoms with Crippen molar-refractivity contribution >= 4 is 12.0 Å². The van der Waals surface area contributed by atoms with Gasteiger partial charge in [-0.05, 0) is 26.2 Å². The quantitative estimate of drug-likeness (QED) is 0.603. The van der Waals surface area contributed by atoms with Gasteiger partial charge in [0, 0.05) is 13.1 Å². The third-order valence-electron chi connectivity index (χ3n) is 4.44. The van der Waals surface area contributed by atoms with Gasteiger partial charge in [0.2, 0.25) is 0 Å². The topological polar surface area (TPSA) is 69.6 Å². The number of carbonyl (C=O) groups is 2. The largest absolute Gasteiger partial charge is 0.480 e. The molecule has 2 N–H and O–H groups in total. The summed E-state index contributed by atoms with van der Waals surface area (Å²) in [7, 11) is 0. The lowest BCUT2D eigenvalue weighted by atomic mass is 9.90. The summed E-state index contributed by atoms with van der Waals surface area (Å²) >= 11 is 0. The maximum Gasteiger partial charge on any atom is 0.329 e. The summed E-state index contributed by atoms with van der Waals surface area (Å²) in [4.78, 5) is 25.7. The van der Waals surface area contributed by atoms with E-state index < -0.39 is 11.5 Å². The third-order valence-corrected chi connectivity index (χ3v) is 4.44. The van der Waals surface area contributed by atoms with E-state index in [1.165, 1.54) is 5.57 Å². The molecule has 1 aliphatic carbocycles. The highest BCUT2D eigenvalue weighted by atomic mass is 16.4. The highest BCUT2D eigenvalue weighted by Crippen LogP contribution is 2.28. The van der Waals surface area contributed by atoms with Gasteiger partial charge in [0.05, 0.1) is 0 Å². The number of carbonyl (C=O) groups excluding carboxylic acids is 1. The van der Waals surface area contributed by atoms with Crippen LogP contribution in [0.3, 0.4) is 0 Å². The summed E-state index contributed by atoms with van der Waals surface area (Å²) in [5, 5.41) is 12.4. The summed E-state index contributed by atoms with van der Waals surface area (Å²) in [5.74, 6) is -0.892. The Morgan fingerprint density at radius 3 is 2.40 bits per heavy atom. The van der Waals surface area contributed by atoms with Crippen LogP contribution in [0.25, 0.3) is 0 Å². The van der Waals surface area contributed by atoms with Gasteiger partial charge in [0.1, 0.15) is 5.54 Å². The molecule has 2 amide bonds. The standard InChI is InChI=1S/C15H24N2O3/c1-12-6-10-17(11-7-12)14(20)16-15(13(18)19)8-4-2-3-5-9-15/h6H,2-5,7-11H2,1H3,(H,16,20)(H,18,19). The van der Waals surface area contributed by atoms with E-state index in [1.807, 2.05) is 6.08 Å². The molecular weight excluding hydrogens is 256 g/mol. The van der Waals surface area contributed by atoms with Crippen LogP contribution in [0, 0.1) is 0 Å². The van der Waals surface area contributed by atoms with Crippen LogP contribution in [0.1, 0.15) is 51.9 Å². The number of nitrogens with one attached hydrogen (secondary N) is 1. The maximum absolute atomic E-state index is 12.3. The molecule has 0 aromatic rings. The number of carboxylic acids is 1. The van der Waals surface area contributed by atoms with Crippen molar-refractivity contribution in [1.29, 1.82) is 0 Å². The smallest absolute Gasteiger partial charge is 0.329 e. The van der Waals surface area contributed by atoms with Crippen LogP contribution in [-0.2, 0) is 4.79 Å². The van der Waals surface area contributed by atoms with Crippen LogP contribution in [0.15, 0.2) is 11.6 Å². The van der Waals surface area contributed by atoms with E-state index in [1.54, 1.807) is 4.90 Å². The molecule has 20 heavy (non-hydrogen) atoms. The molecule has 0 aromatic heterocycles. The van der Waals surface area contributed by atoms with E-state index in [0.717, 1.165) is 32.1 Å². The minimum Gasteiger partial charge on any atom is -0.480 e. The first-order valence-electron chi connectivity index (χ1n) is 7.50. The lowest BCUT2D eigenvalue weighted by Gasteiger charge is -2.33. The Hall–Kier alpha value is -1.52. The summed E-state index contributed by atoms with van der Waals surface area (Å²) in [6.07, 6.45) is 7.81. The molecule has 0 radical (unpaired) electrons. The Balaban J connectivity index is 2.04. The van der Waals surface area contributed by atoms with Crippen LogP contribution in [0.2, 0.25) is 0 Å².